The molecule has 1 aliphatic carbocycles. The fourth-order valence-corrected chi connectivity index (χ4v) is 4.71. The third-order valence-corrected chi connectivity index (χ3v) is 6.26. The predicted octanol–water partition coefficient (Wildman–Crippen LogP) is 4.35. The van der Waals surface area contributed by atoms with E-state index in [1.807, 2.05) is 43.3 Å². The molecule has 7 heteroatoms. The Hall–Kier alpha value is -3.48. The van der Waals surface area contributed by atoms with E-state index in [2.05, 4.69) is 14.9 Å². The lowest BCUT2D eigenvalue weighted by Crippen LogP contribution is -2.29. The summed E-state index contributed by atoms with van der Waals surface area (Å²) in [7, 11) is 1.65. The summed E-state index contributed by atoms with van der Waals surface area (Å²) >= 11 is 0. The van der Waals surface area contributed by atoms with Gasteiger partial charge in [0.05, 0.1) is 22.1 Å². The van der Waals surface area contributed by atoms with Gasteiger partial charge in [-0.15, -0.1) is 0 Å². The maximum atomic E-state index is 12.9. The minimum atomic E-state index is -0.519. The fourth-order valence-electron chi connectivity index (χ4n) is 4.71. The van der Waals surface area contributed by atoms with Gasteiger partial charge >= 0.3 is 0 Å². The van der Waals surface area contributed by atoms with Gasteiger partial charge in [0.15, 0.2) is 5.69 Å². The van der Waals surface area contributed by atoms with Crippen molar-refractivity contribution in [2.75, 3.05) is 5.32 Å². The van der Waals surface area contributed by atoms with E-state index in [-0.39, 0.29) is 5.69 Å². The number of imidazole rings is 1. The van der Waals surface area contributed by atoms with Crippen LogP contribution in [0.1, 0.15) is 54.5 Å². The van der Waals surface area contributed by atoms with Gasteiger partial charge in [-0.2, -0.15) is 0 Å². The Labute approximate surface area is 179 Å². The fraction of sp³-hybridized carbons (Fsp3) is 0.333. The normalized spacial score (nSPS) is 14.9. The summed E-state index contributed by atoms with van der Waals surface area (Å²) in [5.41, 5.74) is 3.28. The first-order chi connectivity index (χ1) is 15.0. The van der Waals surface area contributed by atoms with Crippen molar-refractivity contribution in [3.8, 4) is 0 Å². The molecule has 0 atom stereocenters. The second-order valence-electron chi connectivity index (χ2n) is 8.29. The van der Waals surface area contributed by atoms with E-state index in [0.717, 1.165) is 16.9 Å². The molecule has 4 aromatic rings. The van der Waals surface area contributed by atoms with Gasteiger partial charge in [-0.3, -0.25) is 9.59 Å². The quantitative estimate of drug-likeness (QED) is 0.539. The van der Waals surface area contributed by atoms with Crippen molar-refractivity contribution in [3.05, 3.63) is 64.3 Å². The third kappa shape index (κ3) is 3.40. The highest BCUT2D eigenvalue weighted by molar-refractivity contribution is 6.04. The zero-order chi connectivity index (χ0) is 21.5. The van der Waals surface area contributed by atoms with E-state index in [4.69, 9.17) is 4.98 Å². The molecule has 0 bridgehead atoms. The van der Waals surface area contributed by atoms with Crippen LogP contribution >= 0.6 is 0 Å². The summed E-state index contributed by atoms with van der Waals surface area (Å²) < 4.78 is 3.79. The molecule has 1 fully saturated rings. The summed E-state index contributed by atoms with van der Waals surface area (Å²) in [4.78, 5) is 34.6. The molecule has 2 heterocycles. The van der Waals surface area contributed by atoms with E-state index in [9.17, 15) is 9.59 Å². The number of amides is 1. The molecule has 31 heavy (non-hydrogen) atoms. The van der Waals surface area contributed by atoms with E-state index in [1.165, 1.54) is 36.7 Å². The molecule has 0 aliphatic heterocycles. The average Bonchev–Trinajstić information content (AvgIpc) is 3.11. The molecular formula is C24H25N5O2. The molecule has 1 N–H and O–H groups in total. The molecule has 7 nitrogen and oxygen atoms in total. The van der Waals surface area contributed by atoms with Crippen molar-refractivity contribution in [2.45, 2.75) is 45.1 Å². The summed E-state index contributed by atoms with van der Waals surface area (Å²) in [6, 6.07) is 13.5. The van der Waals surface area contributed by atoms with E-state index >= 15 is 0 Å². The van der Waals surface area contributed by atoms with Crippen LogP contribution in [0.5, 0.6) is 0 Å². The van der Waals surface area contributed by atoms with Crippen LogP contribution in [0.2, 0.25) is 0 Å². The molecule has 0 saturated heterocycles. The highest BCUT2D eigenvalue weighted by atomic mass is 16.2. The first-order valence-corrected chi connectivity index (χ1v) is 10.8. The van der Waals surface area contributed by atoms with Crippen molar-refractivity contribution in [1.29, 1.82) is 0 Å². The lowest BCUT2D eigenvalue weighted by atomic mass is 9.95. The van der Waals surface area contributed by atoms with Crippen molar-refractivity contribution in [3.63, 3.8) is 0 Å². The number of fused-ring (bicyclic) bond motifs is 2. The lowest BCUT2D eigenvalue weighted by Gasteiger charge is -2.25. The molecule has 1 amide bonds. The molecule has 5 rings (SSSR count). The van der Waals surface area contributed by atoms with Crippen LogP contribution in [0.15, 0.2) is 47.3 Å². The van der Waals surface area contributed by atoms with Crippen LogP contribution in [0, 0.1) is 6.92 Å². The first kappa shape index (κ1) is 19.5. The number of carbonyl (C=O) groups excluding carboxylic acids is 1. The number of benzene rings is 2. The topological polar surface area (TPSA) is 81.8 Å². The Balaban J connectivity index is 1.47. The maximum absolute atomic E-state index is 12.9. The summed E-state index contributed by atoms with van der Waals surface area (Å²) in [6.07, 6.45) is 6.18. The SMILES string of the molecule is Cc1nc2cc(NC(=O)c3nc4ccccc4n(C)c3=O)ccc2n1C1CCCCC1. The molecule has 2 aromatic heterocycles. The molecule has 0 radical (unpaired) electrons. The smallest absolute Gasteiger partial charge is 0.282 e. The zero-order valence-electron chi connectivity index (χ0n) is 17.8. The zero-order valence-corrected chi connectivity index (χ0v) is 17.8. The van der Waals surface area contributed by atoms with Gasteiger partial charge in [-0.05, 0) is 50.1 Å². The highest BCUT2D eigenvalue weighted by Crippen LogP contribution is 2.33. The van der Waals surface area contributed by atoms with Gasteiger partial charge < -0.3 is 14.5 Å². The number of aryl methyl sites for hydroxylation is 2. The molecular weight excluding hydrogens is 390 g/mol. The second kappa shape index (κ2) is 7.65. The van der Waals surface area contributed by atoms with Gasteiger partial charge in [0.25, 0.3) is 11.5 Å². The van der Waals surface area contributed by atoms with Gasteiger partial charge in [0.1, 0.15) is 5.82 Å². The Kier molecular flexibility index (Phi) is 4.81. The number of carbonyl (C=O) groups is 1. The van der Waals surface area contributed by atoms with Crippen molar-refractivity contribution < 1.29 is 4.79 Å². The number of hydrogen-bond donors (Lipinski definition) is 1. The van der Waals surface area contributed by atoms with E-state index in [1.54, 1.807) is 13.1 Å². The van der Waals surface area contributed by atoms with Crippen molar-refractivity contribution >= 4 is 33.7 Å². The number of rotatable bonds is 3. The largest absolute Gasteiger partial charge is 0.325 e. The van der Waals surface area contributed by atoms with Crippen LogP contribution in [-0.2, 0) is 7.05 Å². The standard InChI is InChI=1S/C24H25N5O2/c1-15-25-19-14-16(12-13-21(19)29(15)17-8-4-3-5-9-17)26-23(30)22-24(31)28(2)20-11-7-6-10-18(20)27-22/h6-7,10-14,17H,3-5,8-9H2,1-2H3,(H,26,30). The Bertz CT molecular complexity index is 1360. The maximum Gasteiger partial charge on any atom is 0.282 e. The van der Waals surface area contributed by atoms with Crippen molar-refractivity contribution in [2.24, 2.45) is 7.05 Å². The number of nitrogens with one attached hydrogen (secondary N) is 1. The molecule has 0 unspecified atom stereocenters. The van der Waals surface area contributed by atoms with E-state index in [0.29, 0.717) is 22.8 Å². The van der Waals surface area contributed by atoms with Gasteiger partial charge in [0, 0.05) is 18.8 Å². The van der Waals surface area contributed by atoms with Crippen LogP contribution in [-0.4, -0.2) is 25.0 Å². The molecule has 2 aromatic carbocycles. The molecule has 1 aliphatic rings. The van der Waals surface area contributed by atoms with Gasteiger partial charge in [-0.1, -0.05) is 31.4 Å². The first-order valence-electron chi connectivity index (χ1n) is 10.8. The van der Waals surface area contributed by atoms with Crippen LogP contribution in [0.3, 0.4) is 0 Å². The summed E-state index contributed by atoms with van der Waals surface area (Å²) in [6.45, 7) is 2.04. The van der Waals surface area contributed by atoms with Crippen LogP contribution in [0.4, 0.5) is 5.69 Å². The van der Waals surface area contributed by atoms with Crippen LogP contribution < -0.4 is 10.9 Å². The van der Waals surface area contributed by atoms with Gasteiger partial charge in [0.2, 0.25) is 0 Å². The second-order valence-corrected chi connectivity index (χ2v) is 8.29. The number of hydrogen-bond acceptors (Lipinski definition) is 4. The number of para-hydroxylation sites is 2. The average molecular weight is 415 g/mol. The van der Waals surface area contributed by atoms with E-state index < -0.39 is 11.5 Å². The highest BCUT2D eigenvalue weighted by Gasteiger charge is 2.21. The summed E-state index contributed by atoms with van der Waals surface area (Å²) in [5, 5.41) is 2.83. The number of anilines is 1. The minimum Gasteiger partial charge on any atom is -0.325 e. The minimum absolute atomic E-state index is 0.120. The third-order valence-electron chi connectivity index (χ3n) is 6.26. The lowest BCUT2D eigenvalue weighted by molar-refractivity contribution is 0.102. The summed E-state index contributed by atoms with van der Waals surface area (Å²) in [5.74, 6) is 0.476. The molecule has 1 saturated carbocycles. The number of nitrogens with zero attached hydrogens (tertiary/aromatic N) is 4. The Morgan fingerprint density at radius 3 is 2.58 bits per heavy atom. The monoisotopic (exact) mass is 415 g/mol. The van der Waals surface area contributed by atoms with Crippen molar-refractivity contribution in [1.82, 2.24) is 19.1 Å². The molecule has 158 valence electrons. The molecule has 0 spiro atoms. The Morgan fingerprint density at radius 1 is 1.00 bits per heavy atom. The van der Waals surface area contributed by atoms with Crippen LogP contribution in [0.25, 0.3) is 22.1 Å². The van der Waals surface area contributed by atoms with Gasteiger partial charge in [-0.25, -0.2) is 9.97 Å². The Morgan fingerprint density at radius 2 is 1.77 bits per heavy atom. The predicted molar refractivity (Wildman–Crippen MR) is 122 cm³/mol. The number of aromatic nitrogens is 4.